The Bertz CT molecular complexity index is 669. The van der Waals surface area contributed by atoms with E-state index in [0.29, 0.717) is 31.0 Å². The molecule has 3 heterocycles. The molecule has 0 radical (unpaired) electrons. The Labute approximate surface area is 153 Å². The molecule has 1 aromatic heterocycles. The van der Waals surface area contributed by atoms with Crippen LogP contribution in [0.25, 0.3) is 0 Å². The van der Waals surface area contributed by atoms with Gasteiger partial charge in [0.15, 0.2) is 0 Å². The highest BCUT2D eigenvalue weighted by Gasteiger charge is 2.46. The fourth-order valence-electron chi connectivity index (χ4n) is 4.74. The Morgan fingerprint density at radius 2 is 2.12 bits per heavy atom. The van der Waals surface area contributed by atoms with Crippen molar-refractivity contribution in [3.8, 4) is 0 Å². The van der Waals surface area contributed by atoms with Crippen LogP contribution in [0.2, 0.25) is 0 Å². The number of alkyl halides is 1. The first-order chi connectivity index (χ1) is 12.6. The van der Waals surface area contributed by atoms with Crippen molar-refractivity contribution in [3.05, 3.63) is 18.1 Å². The molecule has 7 heteroatoms. The monoisotopic (exact) mass is 361 g/mol. The van der Waals surface area contributed by atoms with Gasteiger partial charge in [0.25, 0.3) is 0 Å². The van der Waals surface area contributed by atoms with Crippen LogP contribution in [0.1, 0.15) is 57.2 Å². The summed E-state index contributed by atoms with van der Waals surface area (Å²) in [5, 5.41) is 0. The molecule has 0 bridgehead atoms. The fourth-order valence-corrected chi connectivity index (χ4v) is 4.74. The van der Waals surface area contributed by atoms with Crippen molar-refractivity contribution in [1.82, 2.24) is 20.8 Å². The van der Waals surface area contributed by atoms with Crippen molar-refractivity contribution in [2.24, 2.45) is 5.92 Å². The predicted octanol–water partition coefficient (Wildman–Crippen LogP) is 2.28. The molecule has 5 atom stereocenters. The van der Waals surface area contributed by atoms with Gasteiger partial charge >= 0.3 is 0 Å². The molecular formula is C19H28FN5O. The predicted molar refractivity (Wildman–Crippen MR) is 96.4 cm³/mol. The molecule has 5 rings (SSSR count). The fraction of sp³-hybridized carbons (Fsp3) is 0.789. The van der Waals surface area contributed by atoms with E-state index in [1.54, 1.807) is 6.33 Å². The summed E-state index contributed by atoms with van der Waals surface area (Å²) in [6.45, 7) is 3.40. The van der Waals surface area contributed by atoms with E-state index in [9.17, 15) is 4.39 Å². The normalized spacial score (nSPS) is 38.4. The van der Waals surface area contributed by atoms with E-state index in [-0.39, 0.29) is 11.6 Å². The first-order valence-corrected chi connectivity index (χ1v) is 9.99. The second-order valence-electron chi connectivity index (χ2n) is 8.67. The zero-order chi connectivity index (χ0) is 17.7. The molecule has 2 aliphatic carbocycles. The lowest BCUT2D eigenvalue weighted by Crippen LogP contribution is -2.38. The SMILES string of the molecule is CC1(OC2CCC3NNC(c4cc(N5CC[C@@H](F)C5)ncn4)C3C2)CC1. The third-order valence-electron chi connectivity index (χ3n) is 6.56. The number of ether oxygens (including phenoxy) is 1. The number of anilines is 1. The zero-order valence-corrected chi connectivity index (χ0v) is 15.3. The van der Waals surface area contributed by atoms with E-state index < -0.39 is 6.17 Å². The molecule has 2 aliphatic heterocycles. The molecule has 0 amide bonds. The smallest absolute Gasteiger partial charge is 0.132 e. The average Bonchev–Trinajstić information content (AvgIpc) is 3.05. The Hall–Kier alpha value is -1.31. The van der Waals surface area contributed by atoms with Crippen LogP contribution in [0.15, 0.2) is 12.4 Å². The van der Waals surface area contributed by atoms with Gasteiger partial charge < -0.3 is 9.64 Å². The van der Waals surface area contributed by atoms with Crippen molar-refractivity contribution in [2.45, 2.75) is 75.4 Å². The molecule has 4 fully saturated rings. The van der Waals surface area contributed by atoms with Gasteiger partial charge in [0.05, 0.1) is 30.0 Å². The van der Waals surface area contributed by atoms with Crippen LogP contribution < -0.4 is 15.8 Å². The Morgan fingerprint density at radius 1 is 1.23 bits per heavy atom. The molecule has 0 aromatic carbocycles. The summed E-state index contributed by atoms with van der Waals surface area (Å²) in [4.78, 5) is 10.9. The number of hydrogen-bond donors (Lipinski definition) is 2. The van der Waals surface area contributed by atoms with Crippen molar-refractivity contribution < 1.29 is 9.13 Å². The van der Waals surface area contributed by atoms with E-state index >= 15 is 0 Å². The maximum atomic E-state index is 13.5. The maximum absolute atomic E-state index is 13.5. The van der Waals surface area contributed by atoms with Gasteiger partial charge in [-0.3, -0.25) is 5.43 Å². The number of fused-ring (bicyclic) bond motifs is 1. The van der Waals surface area contributed by atoms with Gasteiger partial charge in [-0.2, -0.15) is 0 Å². The van der Waals surface area contributed by atoms with E-state index in [0.717, 1.165) is 37.3 Å². The van der Waals surface area contributed by atoms with Gasteiger partial charge in [0.2, 0.25) is 0 Å². The van der Waals surface area contributed by atoms with E-state index in [4.69, 9.17) is 4.74 Å². The minimum absolute atomic E-state index is 0.132. The molecule has 2 saturated heterocycles. The lowest BCUT2D eigenvalue weighted by molar-refractivity contribution is -0.0500. The van der Waals surface area contributed by atoms with Crippen LogP contribution in [0.5, 0.6) is 0 Å². The molecular weight excluding hydrogens is 333 g/mol. The minimum Gasteiger partial charge on any atom is -0.372 e. The first-order valence-electron chi connectivity index (χ1n) is 9.99. The van der Waals surface area contributed by atoms with Crippen molar-refractivity contribution in [2.75, 3.05) is 18.0 Å². The second-order valence-corrected chi connectivity index (χ2v) is 8.67. The van der Waals surface area contributed by atoms with Crippen LogP contribution in [-0.4, -0.2) is 47.0 Å². The van der Waals surface area contributed by atoms with E-state index in [1.165, 1.54) is 12.8 Å². The van der Waals surface area contributed by atoms with Crippen LogP contribution in [0.4, 0.5) is 10.2 Å². The summed E-state index contributed by atoms with van der Waals surface area (Å²) in [6.07, 6.45) is 7.50. The third-order valence-corrected chi connectivity index (χ3v) is 6.56. The second kappa shape index (κ2) is 6.39. The van der Waals surface area contributed by atoms with E-state index in [1.807, 2.05) is 11.0 Å². The number of halogens is 1. The molecule has 6 nitrogen and oxygen atoms in total. The Kier molecular flexibility index (Phi) is 4.14. The molecule has 2 saturated carbocycles. The Balaban J connectivity index is 1.31. The van der Waals surface area contributed by atoms with Crippen LogP contribution in [0, 0.1) is 5.92 Å². The average molecular weight is 361 g/mol. The highest BCUT2D eigenvalue weighted by Crippen LogP contribution is 2.45. The van der Waals surface area contributed by atoms with E-state index in [2.05, 4.69) is 27.7 Å². The summed E-state index contributed by atoms with van der Waals surface area (Å²) in [5.41, 5.74) is 8.04. The van der Waals surface area contributed by atoms with Crippen LogP contribution in [0.3, 0.4) is 0 Å². The molecule has 2 N–H and O–H groups in total. The molecule has 26 heavy (non-hydrogen) atoms. The zero-order valence-electron chi connectivity index (χ0n) is 15.3. The molecule has 1 aromatic rings. The summed E-state index contributed by atoms with van der Waals surface area (Å²) >= 11 is 0. The number of nitrogens with zero attached hydrogens (tertiary/aromatic N) is 3. The molecule has 4 unspecified atom stereocenters. The van der Waals surface area contributed by atoms with Crippen molar-refractivity contribution in [3.63, 3.8) is 0 Å². The third kappa shape index (κ3) is 3.21. The lowest BCUT2D eigenvalue weighted by atomic mass is 9.79. The van der Waals surface area contributed by atoms with Crippen LogP contribution >= 0.6 is 0 Å². The summed E-state index contributed by atoms with van der Waals surface area (Å²) in [6, 6.07) is 2.66. The molecule has 4 aliphatic rings. The quantitative estimate of drug-likeness (QED) is 0.858. The van der Waals surface area contributed by atoms with Crippen molar-refractivity contribution >= 4 is 5.82 Å². The largest absolute Gasteiger partial charge is 0.372 e. The van der Waals surface area contributed by atoms with Crippen molar-refractivity contribution in [1.29, 1.82) is 0 Å². The Morgan fingerprint density at radius 3 is 2.88 bits per heavy atom. The van der Waals surface area contributed by atoms with Gasteiger partial charge in [-0.05, 0) is 45.4 Å². The van der Waals surface area contributed by atoms with Gasteiger partial charge in [-0.25, -0.2) is 19.8 Å². The van der Waals surface area contributed by atoms with Gasteiger partial charge in [-0.1, -0.05) is 0 Å². The van der Waals surface area contributed by atoms with Gasteiger partial charge in [-0.15, -0.1) is 0 Å². The van der Waals surface area contributed by atoms with Gasteiger partial charge in [0.1, 0.15) is 18.3 Å². The first kappa shape index (κ1) is 16.8. The number of rotatable bonds is 4. The van der Waals surface area contributed by atoms with Gasteiger partial charge in [0, 0.05) is 24.6 Å². The number of hydrogen-bond acceptors (Lipinski definition) is 6. The topological polar surface area (TPSA) is 62.3 Å². The number of hydrazine groups is 1. The summed E-state index contributed by atoms with van der Waals surface area (Å²) in [7, 11) is 0. The maximum Gasteiger partial charge on any atom is 0.132 e. The lowest BCUT2D eigenvalue weighted by Gasteiger charge is -2.34. The summed E-state index contributed by atoms with van der Waals surface area (Å²) < 4.78 is 19.9. The number of aromatic nitrogens is 2. The molecule has 0 spiro atoms. The molecule has 142 valence electrons. The minimum atomic E-state index is -0.746. The standard InChI is InChI=1S/C19H28FN5O/c1-19(5-6-19)26-13-2-3-15-14(8-13)18(24-23-15)16-9-17(22-11-21-16)25-7-4-12(20)10-25/h9,11-15,18,23-24H,2-8,10H2,1H3/t12-,13?,14?,15?,18?/m1/s1. The number of nitrogens with one attached hydrogen (secondary N) is 2. The summed E-state index contributed by atoms with van der Waals surface area (Å²) in [5.74, 6) is 1.31. The highest BCUT2D eigenvalue weighted by atomic mass is 19.1. The van der Waals surface area contributed by atoms with Crippen LogP contribution in [-0.2, 0) is 4.74 Å². The highest BCUT2D eigenvalue weighted by molar-refractivity contribution is 5.41.